The SMILES string of the molecule is O=C(O)[C@@H]1CCCN(C(=O)CSc2nncn2C2CC2)C1. The molecule has 3 rings (SSSR count). The molecule has 1 saturated heterocycles. The molecule has 1 aromatic rings. The number of amides is 1. The lowest BCUT2D eigenvalue weighted by Crippen LogP contribution is -2.43. The highest BCUT2D eigenvalue weighted by Crippen LogP contribution is 2.37. The molecule has 0 aromatic carbocycles. The van der Waals surface area contributed by atoms with Gasteiger partial charge in [-0.2, -0.15) is 0 Å². The van der Waals surface area contributed by atoms with Gasteiger partial charge < -0.3 is 14.6 Å². The van der Waals surface area contributed by atoms with Gasteiger partial charge in [0.2, 0.25) is 5.91 Å². The van der Waals surface area contributed by atoms with Crippen LogP contribution in [0, 0.1) is 5.92 Å². The van der Waals surface area contributed by atoms with Crippen LogP contribution in [-0.2, 0) is 9.59 Å². The first kappa shape index (κ1) is 14.4. The van der Waals surface area contributed by atoms with E-state index in [0.717, 1.165) is 24.4 Å². The van der Waals surface area contributed by atoms with Crippen molar-refractivity contribution in [3.05, 3.63) is 6.33 Å². The molecule has 114 valence electrons. The molecule has 1 atom stereocenters. The van der Waals surface area contributed by atoms with Gasteiger partial charge in [-0.05, 0) is 25.7 Å². The topological polar surface area (TPSA) is 88.3 Å². The fraction of sp³-hybridized carbons (Fsp3) is 0.692. The number of carboxylic acids is 1. The number of likely N-dealkylation sites (tertiary alicyclic amines) is 1. The summed E-state index contributed by atoms with van der Waals surface area (Å²) in [6.45, 7) is 0.975. The number of hydrogen-bond acceptors (Lipinski definition) is 5. The predicted molar refractivity (Wildman–Crippen MR) is 76.0 cm³/mol. The molecular weight excluding hydrogens is 292 g/mol. The summed E-state index contributed by atoms with van der Waals surface area (Å²) in [6, 6.07) is 0.490. The van der Waals surface area contributed by atoms with Gasteiger partial charge in [0.15, 0.2) is 5.16 Å². The minimum absolute atomic E-state index is 0.0173. The Morgan fingerprint density at radius 3 is 2.90 bits per heavy atom. The molecule has 0 unspecified atom stereocenters. The number of thioether (sulfide) groups is 1. The average molecular weight is 310 g/mol. The van der Waals surface area contributed by atoms with Crippen LogP contribution in [0.15, 0.2) is 11.5 Å². The molecule has 1 aliphatic heterocycles. The van der Waals surface area contributed by atoms with Crippen LogP contribution in [0.25, 0.3) is 0 Å². The number of carboxylic acid groups (broad SMARTS) is 1. The first-order valence-electron chi connectivity index (χ1n) is 7.18. The van der Waals surface area contributed by atoms with Gasteiger partial charge >= 0.3 is 5.97 Å². The summed E-state index contributed by atoms with van der Waals surface area (Å²) in [5, 5.41) is 17.8. The molecule has 1 amide bonds. The lowest BCUT2D eigenvalue weighted by Gasteiger charge is -2.30. The fourth-order valence-corrected chi connectivity index (χ4v) is 3.45. The molecule has 1 saturated carbocycles. The molecule has 8 heteroatoms. The molecule has 1 N–H and O–H groups in total. The van der Waals surface area contributed by atoms with Gasteiger partial charge in [0.25, 0.3) is 0 Å². The molecule has 0 radical (unpaired) electrons. The first-order valence-corrected chi connectivity index (χ1v) is 8.16. The summed E-state index contributed by atoms with van der Waals surface area (Å²) < 4.78 is 2.02. The third-order valence-corrected chi connectivity index (χ3v) is 4.87. The van der Waals surface area contributed by atoms with Crippen LogP contribution in [0.1, 0.15) is 31.7 Å². The van der Waals surface area contributed by atoms with E-state index in [1.54, 1.807) is 11.2 Å². The number of aliphatic carboxylic acids is 1. The van der Waals surface area contributed by atoms with Crippen LogP contribution >= 0.6 is 11.8 Å². The van der Waals surface area contributed by atoms with Crippen molar-refractivity contribution in [2.45, 2.75) is 36.9 Å². The minimum atomic E-state index is -0.811. The van der Waals surface area contributed by atoms with Crippen LogP contribution in [0.3, 0.4) is 0 Å². The Balaban J connectivity index is 1.53. The summed E-state index contributed by atoms with van der Waals surface area (Å²) in [5.74, 6) is -0.967. The zero-order valence-corrected chi connectivity index (χ0v) is 12.5. The second-order valence-corrected chi connectivity index (χ2v) is 6.50. The summed E-state index contributed by atoms with van der Waals surface area (Å²) >= 11 is 1.38. The number of hydrogen-bond donors (Lipinski definition) is 1. The zero-order valence-electron chi connectivity index (χ0n) is 11.6. The maximum atomic E-state index is 12.2. The number of carbonyl (C=O) groups is 2. The maximum Gasteiger partial charge on any atom is 0.308 e. The quantitative estimate of drug-likeness (QED) is 0.817. The Kier molecular flexibility index (Phi) is 4.14. The Bertz CT molecular complexity index is 543. The molecular formula is C13H18N4O3S. The van der Waals surface area contributed by atoms with Crippen molar-refractivity contribution in [2.24, 2.45) is 5.92 Å². The van der Waals surface area contributed by atoms with Gasteiger partial charge in [0.05, 0.1) is 11.7 Å². The molecule has 1 aliphatic carbocycles. The van der Waals surface area contributed by atoms with Gasteiger partial charge in [0, 0.05) is 19.1 Å². The number of carbonyl (C=O) groups excluding carboxylic acids is 1. The van der Waals surface area contributed by atoms with Crippen molar-refractivity contribution >= 4 is 23.6 Å². The molecule has 1 aromatic heterocycles. The van der Waals surface area contributed by atoms with Crippen molar-refractivity contribution in [1.82, 2.24) is 19.7 Å². The van der Waals surface area contributed by atoms with Crippen molar-refractivity contribution in [1.29, 1.82) is 0 Å². The van der Waals surface area contributed by atoms with E-state index < -0.39 is 11.9 Å². The highest BCUT2D eigenvalue weighted by Gasteiger charge is 2.29. The van der Waals surface area contributed by atoms with Gasteiger partial charge in [0.1, 0.15) is 6.33 Å². The first-order chi connectivity index (χ1) is 10.1. The second-order valence-electron chi connectivity index (χ2n) is 5.56. The third-order valence-electron chi connectivity index (χ3n) is 3.93. The van der Waals surface area contributed by atoms with E-state index in [0.29, 0.717) is 25.6 Å². The normalized spacial score (nSPS) is 22.3. The highest BCUT2D eigenvalue weighted by atomic mass is 32.2. The molecule has 2 heterocycles. The largest absolute Gasteiger partial charge is 0.481 e. The lowest BCUT2D eigenvalue weighted by atomic mass is 9.98. The Labute approximate surface area is 126 Å². The monoisotopic (exact) mass is 310 g/mol. The summed E-state index contributed by atoms with van der Waals surface area (Å²) in [4.78, 5) is 24.9. The minimum Gasteiger partial charge on any atom is -0.481 e. The van der Waals surface area contributed by atoms with Crippen molar-refractivity contribution in [2.75, 3.05) is 18.8 Å². The maximum absolute atomic E-state index is 12.2. The fourth-order valence-electron chi connectivity index (χ4n) is 2.56. The predicted octanol–water partition coefficient (Wildman–Crippen LogP) is 1.03. The van der Waals surface area contributed by atoms with Gasteiger partial charge in [-0.15, -0.1) is 10.2 Å². The van der Waals surface area contributed by atoms with E-state index >= 15 is 0 Å². The number of nitrogens with zero attached hydrogens (tertiary/aromatic N) is 4. The van der Waals surface area contributed by atoms with Crippen molar-refractivity contribution in [3.8, 4) is 0 Å². The smallest absolute Gasteiger partial charge is 0.308 e. The van der Waals surface area contributed by atoms with E-state index in [1.807, 2.05) is 4.57 Å². The van der Waals surface area contributed by atoms with Crippen LogP contribution in [-0.4, -0.2) is 55.5 Å². The molecule has 0 spiro atoms. The van der Waals surface area contributed by atoms with Crippen molar-refractivity contribution < 1.29 is 14.7 Å². The number of aromatic nitrogens is 3. The number of rotatable bonds is 5. The Hall–Kier alpha value is -1.57. The third kappa shape index (κ3) is 3.37. The van der Waals surface area contributed by atoms with E-state index in [-0.39, 0.29) is 11.7 Å². The van der Waals surface area contributed by atoms with Crippen LogP contribution < -0.4 is 0 Å². The van der Waals surface area contributed by atoms with Crippen molar-refractivity contribution in [3.63, 3.8) is 0 Å². The summed E-state index contributed by atoms with van der Waals surface area (Å²) in [5.41, 5.74) is 0. The molecule has 0 bridgehead atoms. The summed E-state index contributed by atoms with van der Waals surface area (Å²) in [6.07, 6.45) is 5.41. The Morgan fingerprint density at radius 2 is 2.19 bits per heavy atom. The van der Waals surface area contributed by atoms with E-state index in [1.165, 1.54) is 11.8 Å². The van der Waals surface area contributed by atoms with Gasteiger partial charge in [-0.3, -0.25) is 9.59 Å². The molecule has 7 nitrogen and oxygen atoms in total. The van der Waals surface area contributed by atoms with E-state index in [9.17, 15) is 9.59 Å². The van der Waals surface area contributed by atoms with Crippen LogP contribution in [0.2, 0.25) is 0 Å². The zero-order chi connectivity index (χ0) is 14.8. The molecule has 21 heavy (non-hydrogen) atoms. The molecule has 2 aliphatic rings. The van der Waals surface area contributed by atoms with E-state index in [4.69, 9.17) is 5.11 Å². The molecule has 2 fully saturated rings. The van der Waals surface area contributed by atoms with Gasteiger partial charge in [-0.1, -0.05) is 11.8 Å². The van der Waals surface area contributed by atoms with Crippen LogP contribution in [0.5, 0.6) is 0 Å². The number of piperidine rings is 1. The lowest BCUT2D eigenvalue weighted by molar-refractivity contribution is -0.145. The highest BCUT2D eigenvalue weighted by molar-refractivity contribution is 7.99. The second kappa shape index (κ2) is 6.05. The average Bonchev–Trinajstić information content (AvgIpc) is 3.23. The summed E-state index contributed by atoms with van der Waals surface area (Å²) in [7, 11) is 0. The Morgan fingerprint density at radius 1 is 1.38 bits per heavy atom. The van der Waals surface area contributed by atoms with Gasteiger partial charge in [-0.25, -0.2) is 0 Å². The van der Waals surface area contributed by atoms with Crippen LogP contribution in [0.4, 0.5) is 0 Å². The standard InChI is InChI=1S/C13H18N4O3S/c18-11(16-5-1-2-9(6-16)12(19)20)7-21-13-15-14-8-17(13)10-3-4-10/h8-10H,1-7H2,(H,19,20)/t9-/m1/s1. The van der Waals surface area contributed by atoms with E-state index in [2.05, 4.69) is 10.2 Å².